The SMILES string of the molecule is CCCNC(CC1CCCC1)C(C)CCOC. The lowest BCUT2D eigenvalue weighted by Gasteiger charge is -2.27. The molecule has 0 amide bonds. The predicted molar refractivity (Wildman–Crippen MR) is 74.3 cm³/mol. The monoisotopic (exact) mass is 241 g/mol. The first-order chi connectivity index (χ1) is 8.27. The summed E-state index contributed by atoms with van der Waals surface area (Å²) in [5.41, 5.74) is 0. The fourth-order valence-electron chi connectivity index (χ4n) is 2.96. The second kappa shape index (κ2) is 8.93. The van der Waals surface area contributed by atoms with Crippen LogP contribution in [0.25, 0.3) is 0 Å². The van der Waals surface area contributed by atoms with E-state index in [9.17, 15) is 0 Å². The summed E-state index contributed by atoms with van der Waals surface area (Å²) in [5.74, 6) is 1.72. The van der Waals surface area contributed by atoms with E-state index in [1.165, 1.54) is 44.9 Å². The van der Waals surface area contributed by atoms with Crippen molar-refractivity contribution in [2.24, 2.45) is 11.8 Å². The molecule has 1 rings (SSSR count). The van der Waals surface area contributed by atoms with Gasteiger partial charge in [0, 0.05) is 19.8 Å². The molecule has 0 aliphatic heterocycles. The molecule has 1 aliphatic carbocycles. The second-order valence-electron chi connectivity index (χ2n) is 5.71. The Morgan fingerprint density at radius 2 is 2.00 bits per heavy atom. The molecule has 102 valence electrons. The fourth-order valence-corrected chi connectivity index (χ4v) is 2.96. The van der Waals surface area contributed by atoms with Crippen LogP contribution < -0.4 is 5.32 Å². The Morgan fingerprint density at radius 3 is 2.59 bits per heavy atom. The molecule has 2 atom stereocenters. The number of rotatable bonds is 9. The minimum absolute atomic E-state index is 0.702. The van der Waals surface area contributed by atoms with E-state index in [2.05, 4.69) is 19.2 Å². The average Bonchev–Trinajstić information content (AvgIpc) is 2.84. The Kier molecular flexibility index (Phi) is 7.87. The Morgan fingerprint density at radius 1 is 1.29 bits per heavy atom. The van der Waals surface area contributed by atoms with Gasteiger partial charge in [0.1, 0.15) is 0 Å². The van der Waals surface area contributed by atoms with Gasteiger partial charge in [-0.15, -0.1) is 0 Å². The van der Waals surface area contributed by atoms with Crippen molar-refractivity contribution in [2.45, 2.75) is 64.8 Å². The molecule has 0 heterocycles. The Hall–Kier alpha value is -0.0800. The van der Waals surface area contributed by atoms with Crippen molar-refractivity contribution >= 4 is 0 Å². The molecule has 1 fully saturated rings. The van der Waals surface area contributed by atoms with Crippen LogP contribution in [-0.2, 0) is 4.74 Å². The van der Waals surface area contributed by atoms with Gasteiger partial charge in [-0.1, -0.05) is 39.5 Å². The van der Waals surface area contributed by atoms with Crippen molar-refractivity contribution < 1.29 is 4.74 Å². The highest BCUT2D eigenvalue weighted by Gasteiger charge is 2.23. The summed E-state index contributed by atoms with van der Waals surface area (Å²) in [6, 6.07) is 0.702. The molecule has 1 aliphatic rings. The van der Waals surface area contributed by atoms with Crippen molar-refractivity contribution in [3.8, 4) is 0 Å². The maximum absolute atomic E-state index is 5.21. The Bertz CT molecular complexity index is 178. The molecule has 17 heavy (non-hydrogen) atoms. The summed E-state index contributed by atoms with van der Waals surface area (Å²) in [7, 11) is 1.80. The van der Waals surface area contributed by atoms with E-state index in [0.29, 0.717) is 6.04 Å². The van der Waals surface area contributed by atoms with Gasteiger partial charge < -0.3 is 10.1 Å². The van der Waals surface area contributed by atoms with Gasteiger partial charge in [-0.25, -0.2) is 0 Å². The van der Waals surface area contributed by atoms with E-state index >= 15 is 0 Å². The summed E-state index contributed by atoms with van der Waals surface area (Å²) >= 11 is 0. The zero-order valence-corrected chi connectivity index (χ0v) is 12.0. The molecule has 0 radical (unpaired) electrons. The molecule has 1 saturated carbocycles. The highest BCUT2D eigenvalue weighted by molar-refractivity contribution is 4.79. The first kappa shape index (κ1) is 15.0. The first-order valence-corrected chi connectivity index (χ1v) is 7.50. The van der Waals surface area contributed by atoms with Gasteiger partial charge in [-0.2, -0.15) is 0 Å². The molecule has 0 aromatic carbocycles. The smallest absolute Gasteiger partial charge is 0.0465 e. The summed E-state index contributed by atoms with van der Waals surface area (Å²) < 4.78 is 5.21. The third-order valence-electron chi connectivity index (χ3n) is 4.18. The van der Waals surface area contributed by atoms with Gasteiger partial charge in [0.2, 0.25) is 0 Å². The quantitative estimate of drug-likeness (QED) is 0.666. The van der Waals surface area contributed by atoms with E-state index in [1.54, 1.807) is 7.11 Å². The standard InChI is InChI=1S/C15H31NO/c1-4-10-16-15(13(2)9-11-17-3)12-14-7-5-6-8-14/h13-16H,4-12H2,1-3H3. The van der Waals surface area contributed by atoms with Gasteiger partial charge >= 0.3 is 0 Å². The van der Waals surface area contributed by atoms with Crippen LogP contribution in [0.2, 0.25) is 0 Å². The minimum Gasteiger partial charge on any atom is -0.385 e. The highest BCUT2D eigenvalue weighted by atomic mass is 16.5. The second-order valence-corrected chi connectivity index (χ2v) is 5.71. The van der Waals surface area contributed by atoms with Crippen molar-refractivity contribution in [1.29, 1.82) is 0 Å². The lowest BCUT2D eigenvalue weighted by atomic mass is 9.89. The number of hydrogen-bond donors (Lipinski definition) is 1. The third-order valence-corrected chi connectivity index (χ3v) is 4.18. The molecule has 2 nitrogen and oxygen atoms in total. The number of nitrogens with one attached hydrogen (secondary N) is 1. The Balaban J connectivity index is 2.34. The van der Waals surface area contributed by atoms with Crippen LogP contribution in [0.15, 0.2) is 0 Å². The lowest BCUT2D eigenvalue weighted by molar-refractivity contribution is 0.165. The number of methoxy groups -OCH3 is 1. The van der Waals surface area contributed by atoms with Gasteiger partial charge in [-0.3, -0.25) is 0 Å². The minimum atomic E-state index is 0.702. The van der Waals surface area contributed by atoms with Crippen LogP contribution in [-0.4, -0.2) is 26.3 Å². The topological polar surface area (TPSA) is 21.3 Å². The largest absolute Gasteiger partial charge is 0.385 e. The lowest BCUT2D eigenvalue weighted by Crippen LogP contribution is -2.37. The van der Waals surface area contributed by atoms with Crippen molar-refractivity contribution in [3.05, 3.63) is 0 Å². The maximum atomic E-state index is 5.21. The molecule has 0 aromatic rings. The number of hydrogen-bond acceptors (Lipinski definition) is 2. The van der Waals surface area contributed by atoms with E-state index in [1.807, 2.05) is 0 Å². The molecular weight excluding hydrogens is 210 g/mol. The van der Waals surface area contributed by atoms with Crippen LogP contribution in [0.1, 0.15) is 58.8 Å². The van der Waals surface area contributed by atoms with Gasteiger partial charge in [0.25, 0.3) is 0 Å². The zero-order valence-electron chi connectivity index (χ0n) is 12.0. The molecule has 0 saturated heterocycles. The first-order valence-electron chi connectivity index (χ1n) is 7.50. The summed E-state index contributed by atoms with van der Waals surface area (Å²) in [4.78, 5) is 0. The van der Waals surface area contributed by atoms with Crippen molar-refractivity contribution in [3.63, 3.8) is 0 Å². The van der Waals surface area contributed by atoms with E-state index < -0.39 is 0 Å². The van der Waals surface area contributed by atoms with E-state index in [-0.39, 0.29) is 0 Å². The molecule has 2 heteroatoms. The van der Waals surface area contributed by atoms with Crippen LogP contribution in [0.3, 0.4) is 0 Å². The van der Waals surface area contributed by atoms with Gasteiger partial charge in [-0.05, 0) is 37.6 Å². The van der Waals surface area contributed by atoms with E-state index in [4.69, 9.17) is 4.74 Å². The van der Waals surface area contributed by atoms with Crippen LogP contribution in [0, 0.1) is 11.8 Å². The van der Waals surface area contributed by atoms with E-state index in [0.717, 1.165) is 25.0 Å². The summed E-state index contributed by atoms with van der Waals surface area (Å²) in [6.07, 6.45) is 9.63. The third kappa shape index (κ3) is 5.87. The van der Waals surface area contributed by atoms with Gasteiger partial charge in [0.05, 0.1) is 0 Å². The van der Waals surface area contributed by atoms with Crippen molar-refractivity contribution in [1.82, 2.24) is 5.32 Å². The van der Waals surface area contributed by atoms with Crippen LogP contribution in [0.4, 0.5) is 0 Å². The molecular formula is C15H31NO. The van der Waals surface area contributed by atoms with Crippen molar-refractivity contribution in [2.75, 3.05) is 20.3 Å². The van der Waals surface area contributed by atoms with Crippen LogP contribution in [0.5, 0.6) is 0 Å². The predicted octanol–water partition coefficient (Wildman–Crippen LogP) is 3.61. The molecule has 0 aromatic heterocycles. The molecule has 2 unspecified atom stereocenters. The average molecular weight is 241 g/mol. The highest BCUT2D eigenvalue weighted by Crippen LogP contribution is 2.30. The van der Waals surface area contributed by atoms with Gasteiger partial charge in [0.15, 0.2) is 0 Å². The Labute approximate surface area is 108 Å². The fraction of sp³-hybridized carbons (Fsp3) is 1.00. The number of ether oxygens (including phenoxy) is 1. The zero-order chi connectivity index (χ0) is 12.5. The summed E-state index contributed by atoms with van der Waals surface area (Å²) in [6.45, 7) is 6.69. The molecule has 0 spiro atoms. The maximum Gasteiger partial charge on any atom is 0.0465 e. The summed E-state index contributed by atoms with van der Waals surface area (Å²) in [5, 5.41) is 3.75. The molecule has 1 N–H and O–H groups in total. The molecule has 0 bridgehead atoms. The normalized spacial score (nSPS) is 20.6. The van der Waals surface area contributed by atoms with Crippen LogP contribution >= 0.6 is 0 Å².